The zero-order valence-electron chi connectivity index (χ0n) is 11.6. The molecule has 3 nitrogen and oxygen atoms in total. The lowest BCUT2D eigenvalue weighted by molar-refractivity contribution is -0.141. The first-order valence-corrected chi connectivity index (χ1v) is 6.64. The number of carbonyl (C=O) groups excluding carboxylic acids is 1. The summed E-state index contributed by atoms with van der Waals surface area (Å²) in [6.45, 7) is 6.48. The van der Waals surface area contributed by atoms with Gasteiger partial charge in [0, 0.05) is 0 Å². The summed E-state index contributed by atoms with van der Waals surface area (Å²) in [4.78, 5) is 11.3. The molecule has 0 aromatic carbocycles. The number of ether oxygens (including phenoxy) is 1. The Labute approximate surface area is 110 Å². The third kappa shape index (κ3) is 5.05. The highest BCUT2D eigenvalue weighted by Crippen LogP contribution is 2.21. The predicted molar refractivity (Wildman–Crippen MR) is 72.1 cm³/mol. The molecular formula is C15H24O3. The molecule has 2 atom stereocenters. The van der Waals surface area contributed by atoms with Crippen molar-refractivity contribution in [2.45, 2.75) is 52.6 Å². The molecule has 102 valence electrons. The van der Waals surface area contributed by atoms with Crippen LogP contribution in [0.2, 0.25) is 0 Å². The molecule has 18 heavy (non-hydrogen) atoms. The summed E-state index contributed by atoms with van der Waals surface area (Å²) in [7, 11) is 0. The van der Waals surface area contributed by atoms with Crippen LogP contribution in [0.15, 0.2) is 23.3 Å². The van der Waals surface area contributed by atoms with Crippen molar-refractivity contribution in [2.24, 2.45) is 5.92 Å². The molecule has 0 radical (unpaired) electrons. The predicted octanol–water partition coefficient (Wildman–Crippen LogP) is 2.99. The Morgan fingerprint density at radius 1 is 1.33 bits per heavy atom. The Morgan fingerprint density at radius 2 is 2.06 bits per heavy atom. The highest BCUT2D eigenvalue weighted by molar-refractivity contribution is 5.75. The van der Waals surface area contributed by atoms with Gasteiger partial charge >= 0.3 is 5.97 Å². The Hall–Kier alpha value is -1.09. The number of cyclic esters (lactones) is 1. The number of aliphatic hydroxyl groups excluding tert-OH is 1. The van der Waals surface area contributed by atoms with E-state index in [1.54, 1.807) is 0 Å². The van der Waals surface area contributed by atoms with Crippen LogP contribution in [0.5, 0.6) is 0 Å². The van der Waals surface area contributed by atoms with Gasteiger partial charge in [0.15, 0.2) is 0 Å². The average molecular weight is 252 g/mol. The van der Waals surface area contributed by atoms with Crippen molar-refractivity contribution in [1.29, 1.82) is 0 Å². The van der Waals surface area contributed by atoms with E-state index < -0.39 is 6.10 Å². The molecule has 1 fully saturated rings. The van der Waals surface area contributed by atoms with E-state index in [9.17, 15) is 9.90 Å². The Bertz CT molecular complexity index is 338. The fourth-order valence-corrected chi connectivity index (χ4v) is 2.06. The molecule has 1 heterocycles. The largest absolute Gasteiger partial charge is 0.463 e. The van der Waals surface area contributed by atoms with Crippen LogP contribution in [-0.4, -0.2) is 23.8 Å². The third-order valence-electron chi connectivity index (χ3n) is 3.23. The van der Waals surface area contributed by atoms with Gasteiger partial charge in [-0.3, -0.25) is 4.79 Å². The van der Waals surface area contributed by atoms with E-state index in [1.165, 1.54) is 11.1 Å². The molecule has 0 aliphatic carbocycles. The molecule has 1 N–H and O–H groups in total. The zero-order valence-corrected chi connectivity index (χ0v) is 11.6. The lowest BCUT2D eigenvalue weighted by atomic mass is 9.98. The van der Waals surface area contributed by atoms with Crippen LogP contribution in [0, 0.1) is 5.92 Å². The van der Waals surface area contributed by atoms with Gasteiger partial charge in [0.25, 0.3) is 0 Å². The van der Waals surface area contributed by atoms with Crippen LogP contribution in [0.4, 0.5) is 0 Å². The van der Waals surface area contributed by atoms with E-state index in [0.29, 0.717) is 6.42 Å². The van der Waals surface area contributed by atoms with E-state index in [0.717, 1.165) is 19.3 Å². The van der Waals surface area contributed by atoms with Crippen molar-refractivity contribution < 1.29 is 14.6 Å². The van der Waals surface area contributed by atoms with Crippen molar-refractivity contribution in [3.8, 4) is 0 Å². The van der Waals surface area contributed by atoms with Crippen molar-refractivity contribution in [3.63, 3.8) is 0 Å². The fraction of sp³-hybridized carbons (Fsp3) is 0.667. The van der Waals surface area contributed by atoms with Crippen LogP contribution in [-0.2, 0) is 9.53 Å². The summed E-state index contributed by atoms with van der Waals surface area (Å²) in [5.74, 6) is -0.579. The first-order valence-electron chi connectivity index (χ1n) is 6.64. The van der Waals surface area contributed by atoms with Crippen LogP contribution in [0.3, 0.4) is 0 Å². The molecule has 2 unspecified atom stereocenters. The summed E-state index contributed by atoms with van der Waals surface area (Å²) in [6, 6.07) is 0. The van der Waals surface area contributed by atoms with E-state index in [-0.39, 0.29) is 18.5 Å². The molecule has 0 aromatic heterocycles. The average Bonchev–Trinajstić information content (AvgIpc) is 2.60. The Kier molecular flexibility index (Phi) is 6.13. The second-order valence-electron chi connectivity index (χ2n) is 5.25. The van der Waals surface area contributed by atoms with Gasteiger partial charge in [-0.25, -0.2) is 0 Å². The monoisotopic (exact) mass is 252 g/mol. The van der Waals surface area contributed by atoms with Gasteiger partial charge in [0.2, 0.25) is 0 Å². The quantitative estimate of drug-likeness (QED) is 0.584. The molecule has 1 rings (SSSR count). The van der Waals surface area contributed by atoms with Gasteiger partial charge in [-0.1, -0.05) is 23.3 Å². The fourth-order valence-electron chi connectivity index (χ4n) is 2.06. The lowest BCUT2D eigenvalue weighted by Crippen LogP contribution is -2.20. The van der Waals surface area contributed by atoms with Crippen molar-refractivity contribution in [2.75, 3.05) is 6.61 Å². The molecule has 0 bridgehead atoms. The van der Waals surface area contributed by atoms with Crippen LogP contribution < -0.4 is 0 Å². The number of allylic oxidation sites excluding steroid dienone is 4. The van der Waals surface area contributed by atoms with Crippen LogP contribution in [0.25, 0.3) is 0 Å². The van der Waals surface area contributed by atoms with E-state index in [2.05, 4.69) is 32.9 Å². The highest BCUT2D eigenvalue weighted by Gasteiger charge is 2.34. The van der Waals surface area contributed by atoms with Crippen LogP contribution >= 0.6 is 0 Å². The SMILES string of the molecule is CC(C)=CCCC(C)=CCCC1C(=O)OCC1O. The molecule has 1 aliphatic heterocycles. The zero-order chi connectivity index (χ0) is 13.5. The normalized spacial score (nSPS) is 24.0. The number of carbonyl (C=O) groups is 1. The molecule has 0 spiro atoms. The summed E-state index contributed by atoms with van der Waals surface area (Å²) >= 11 is 0. The van der Waals surface area contributed by atoms with Gasteiger partial charge in [-0.15, -0.1) is 0 Å². The molecule has 1 saturated heterocycles. The van der Waals surface area contributed by atoms with Gasteiger partial charge in [0.1, 0.15) is 12.7 Å². The molecule has 0 saturated carbocycles. The Morgan fingerprint density at radius 3 is 2.61 bits per heavy atom. The maximum Gasteiger partial charge on any atom is 0.311 e. The van der Waals surface area contributed by atoms with Crippen LogP contribution in [0.1, 0.15) is 46.5 Å². The number of rotatable bonds is 6. The second kappa shape index (κ2) is 7.37. The van der Waals surface area contributed by atoms with Gasteiger partial charge in [-0.2, -0.15) is 0 Å². The highest BCUT2D eigenvalue weighted by atomic mass is 16.6. The summed E-state index contributed by atoms with van der Waals surface area (Å²) in [6.07, 6.45) is 7.42. The molecule has 1 aliphatic rings. The van der Waals surface area contributed by atoms with Crippen molar-refractivity contribution >= 4 is 5.97 Å². The molecule has 0 aromatic rings. The molecule has 0 amide bonds. The second-order valence-corrected chi connectivity index (χ2v) is 5.25. The summed E-state index contributed by atoms with van der Waals surface area (Å²) < 4.78 is 4.81. The third-order valence-corrected chi connectivity index (χ3v) is 3.23. The van der Waals surface area contributed by atoms with Gasteiger partial charge < -0.3 is 9.84 Å². The smallest absolute Gasteiger partial charge is 0.311 e. The van der Waals surface area contributed by atoms with E-state index in [4.69, 9.17) is 4.74 Å². The number of hydrogen-bond acceptors (Lipinski definition) is 3. The number of aliphatic hydroxyl groups is 1. The van der Waals surface area contributed by atoms with E-state index in [1.807, 2.05) is 0 Å². The molecular weight excluding hydrogens is 228 g/mol. The molecule has 3 heteroatoms. The first-order chi connectivity index (χ1) is 8.50. The van der Waals surface area contributed by atoms with Gasteiger partial charge in [-0.05, 0) is 46.5 Å². The van der Waals surface area contributed by atoms with E-state index >= 15 is 0 Å². The summed E-state index contributed by atoms with van der Waals surface area (Å²) in [5, 5.41) is 9.55. The minimum Gasteiger partial charge on any atom is -0.463 e. The van der Waals surface area contributed by atoms with Crippen molar-refractivity contribution in [1.82, 2.24) is 0 Å². The maximum absolute atomic E-state index is 11.3. The minimum atomic E-state index is -0.614. The summed E-state index contributed by atoms with van der Waals surface area (Å²) in [5.41, 5.74) is 2.69. The maximum atomic E-state index is 11.3. The minimum absolute atomic E-state index is 0.159. The van der Waals surface area contributed by atoms with Gasteiger partial charge in [0.05, 0.1) is 5.92 Å². The van der Waals surface area contributed by atoms with Crippen molar-refractivity contribution in [3.05, 3.63) is 23.3 Å². The number of hydrogen-bond donors (Lipinski definition) is 1. The topological polar surface area (TPSA) is 46.5 Å². The lowest BCUT2D eigenvalue weighted by Gasteiger charge is -2.07. The Balaban J connectivity index is 2.27. The first kappa shape index (κ1) is 15.0. The number of esters is 1. The standard InChI is InChI=1S/C15H24O3/c1-11(2)6-4-7-12(3)8-5-9-13-14(16)10-18-15(13)17/h6,8,13-14,16H,4-5,7,9-10H2,1-3H3.